The topological polar surface area (TPSA) is 26.3 Å². The van der Waals surface area contributed by atoms with Crippen molar-refractivity contribution in [1.82, 2.24) is 0 Å². The maximum absolute atomic E-state index is 11.7. The van der Waals surface area contributed by atoms with E-state index in [1.807, 2.05) is 6.92 Å². The summed E-state index contributed by atoms with van der Waals surface area (Å²) in [5.41, 5.74) is -0.188. The molecule has 0 aliphatic heterocycles. The molecular formula is C11H20O2. The van der Waals surface area contributed by atoms with E-state index in [1.54, 1.807) is 0 Å². The van der Waals surface area contributed by atoms with Crippen molar-refractivity contribution in [1.29, 1.82) is 0 Å². The molecule has 2 nitrogen and oxygen atoms in total. The molecule has 0 atom stereocenters. The number of esters is 1. The summed E-state index contributed by atoms with van der Waals surface area (Å²) in [6.45, 7) is 4.43. The van der Waals surface area contributed by atoms with E-state index in [0.29, 0.717) is 6.61 Å². The van der Waals surface area contributed by atoms with Gasteiger partial charge in [0.2, 0.25) is 0 Å². The van der Waals surface area contributed by atoms with Crippen molar-refractivity contribution in [2.24, 2.45) is 5.41 Å². The van der Waals surface area contributed by atoms with Gasteiger partial charge in [-0.2, -0.15) is 0 Å². The quantitative estimate of drug-likeness (QED) is 0.487. The highest BCUT2D eigenvalue weighted by atomic mass is 16.5. The Bertz CT molecular complexity index is 167. The van der Waals surface area contributed by atoms with Gasteiger partial charge in [-0.05, 0) is 26.7 Å². The van der Waals surface area contributed by atoms with Crippen LogP contribution in [-0.4, -0.2) is 12.6 Å². The molecule has 1 saturated carbocycles. The van der Waals surface area contributed by atoms with Gasteiger partial charge in [-0.15, -0.1) is 0 Å². The molecule has 0 aromatic heterocycles. The standard InChI is InChI=1S/C11H20O2/c1-3-13-10(12)11(2)8-6-4-5-7-9-11/h3-9H2,1-2H3. The summed E-state index contributed by atoms with van der Waals surface area (Å²) in [4.78, 5) is 11.7. The number of hydrogen-bond acceptors (Lipinski definition) is 2. The monoisotopic (exact) mass is 184 g/mol. The molecule has 0 spiro atoms. The Morgan fingerprint density at radius 1 is 1.23 bits per heavy atom. The highest BCUT2D eigenvalue weighted by Gasteiger charge is 2.34. The van der Waals surface area contributed by atoms with Crippen LogP contribution in [0.3, 0.4) is 0 Å². The van der Waals surface area contributed by atoms with Crippen LogP contribution in [0.5, 0.6) is 0 Å². The summed E-state index contributed by atoms with van der Waals surface area (Å²) in [6.07, 6.45) is 6.91. The van der Waals surface area contributed by atoms with Gasteiger partial charge in [-0.25, -0.2) is 0 Å². The van der Waals surface area contributed by atoms with Crippen LogP contribution in [0, 0.1) is 5.41 Å². The lowest BCUT2D eigenvalue weighted by Crippen LogP contribution is -2.29. The first-order valence-electron chi connectivity index (χ1n) is 5.36. The van der Waals surface area contributed by atoms with Crippen LogP contribution < -0.4 is 0 Å². The van der Waals surface area contributed by atoms with E-state index in [4.69, 9.17) is 4.74 Å². The van der Waals surface area contributed by atoms with E-state index >= 15 is 0 Å². The normalized spacial score (nSPS) is 22.0. The van der Waals surface area contributed by atoms with Gasteiger partial charge in [-0.1, -0.05) is 25.7 Å². The minimum absolute atomic E-state index is 0.0110. The number of carbonyl (C=O) groups excluding carboxylic acids is 1. The highest BCUT2D eigenvalue weighted by Crippen LogP contribution is 2.35. The third kappa shape index (κ3) is 2.71. The van der Waals surface area contributed by atoms with E-state index in [-0.39, 0.29) is 11.4 Å². The van der Waals surface area contributed by atoms with Crippen molar-refractivity contribution in [2.75, 3.05) is 6.61 Å². The fourth-order valence-electron chi connectivity index (χ4n) is 2.02. The summed E-state index contributed by atoms with van der Waals surface area (Å²) in [6, 6.07) is 0. The van der Waals surface area contributed by atoms with Gasteiger partial charge in [0.15, 0.2) is 0 Å². The molecule has 0 unspecified atom stereocenters. The molecular weight excluding hydrogens is 164 g/mol. The summed E-state index contributed by atoms with van der Waals surface area (Å²) in [7, 11) is 0. The molecule has 0 amide bonds. The number of hydrogen-bond donors (Lipinski definition) is 0. The van der Waals surface area contributed by atoms with Crippen molar-refractivity contribution in [3.05, 3.63) is 0 Å². The summed E-state index contributed by atoms with van der Waals surface area (Å²) < 4.78 is 5.10. The van der Waals surface area contributed by atoms with Crippen LogP contribution in [0.1, 0.15) is 52.4 Å². The minimum atomic E-state index is -0.188. The zero-order valence-electron chi connectivity index (χ0n) is 8.77. The first-order chi connectivity index (χ1) is 6.19. The van der Waals surface area contributed by atoms with E-state index in [1.165, 1.54) is 25.7 Å². The van der Waals surface area contributed by atoms with E-state index in [2.05, 4.69) is 6.92 Å². The van der Waals surface area contributed by atoms with Crippen molar-refractivity contribution in [3.8, 4) is 0 Å². The van der Waals surface area contributed by atoms with Crippen LogP contribution in [0.4, 0.5) is 0 Å². The Morgan fingerprint density at radius 2 is 1.77 bits per heavy atom. The Hall–Kier alpha value is -0.530. The van der Waals surface area contributed by atoms with Gasteiger partial charge in [0.05, 0.1) is 12.0 Å². The molecule has 0 saturated heterocycles. The van der Waals surface area contributed by atoms with Crippen LogP contribution in [-0.2, 0) is 9.53 Å². The predicted molar refractivity (Wildman–Crippen MR) is 52.4 cm³/mol. The lowest BCUT2D eigenvalue weighted by molar-refractivity contribution is -0.155. The Balaban J connectivity index is 2.55. The molecule has 13 heavy (non-hydrogen) atoms. The van der Waals surface area contributed by atoms with Gasteiger partial charge in [0.25, 0.3) is 0 Å². The molecule has 0 aromatic carbocycles. The van der Waals surface area contributed by atoms with Gasteiger partial charge in [-0.3, -0.25) is 4.79 Å². The molecule has 0 aromatic rings. The van der Waals surface area contributed by atoms with Crippen molar-refractivity contribution in [3.63, 3.8) is 0 Å². The summed E-state index contributed by atoms with van der Waals surface area (Å²) in [5.74, 6) is 0.0110. The third-order valence-electron chi connectivity index (χ3n) is 2.98. The van der Waals surface area contributed by atoms with E-state index in [9.17, 15) is 4.79 Å². The molecule has 1 rings (SSSR count). The molecule has 1 aliphatic carbocycles. The van der Waals surface area contributed by atoms with Crippen LogP contribution in [0.15, 0.2) is 0 Å². The van der Waals surface area contributed by atoms with Gasteiger partial charge >= 0.3 is 5.97 Å². The summed E-state index contributed by atoms with van der Waals surface area (Å²) >= 11 is 0. The first-order valence-corrected chi connectivity index (χ1v) is 5.36. The van der Waals surface area contributed by atoms with Gasteiger partial charge in [0.1, 0.15) is 0 Å². The Kier molecular flexibility index (Phi) is 3.76. The predicted octanol–water partition coefficient (Wildman–Crippen LogP) is 2.91. The molecule has 1 fully saturated rings. The van der Waals surface area contributed by atoms with Crippen LogP contribution >= 0.6 is 0 Å². The van der Waals surface area contributed by atoms with Crippen molar-refractivity contribution < 1.29 is 9.53 Å². The molecule has 1 aliphatic rings. The van der Waals surface area contributed by atoms with Crippen LogP contribution in [0.25, 0.3) is 0 Å². The molecule has 76 valence electrons. The zero-order chi connectivity index (χ0) is 9.73. The first kappa shape index (κ1) is 10.6. The number of carbonyl (C=O) groups is 1. The second kappa shape index (κ2) is 4.64. The number of ether oxygens (including phenoxy) is 1. The van der Waals surface area contributed by atoms with E-state index < -0.39 is 0 Å². The lowest BCUT2D eigenvalue weighted by Gasteiger charge is -2.24. The maximum Gasteiger partial charge on any atom is 0.311 e. The molecule has 0 radical (unpaired) electrons. The Labute approximate surface area is 80.7 Å². The van der Waals surface area contributed by atoms with Crippen LogP contribution in [0.2, 0.25) is 0 Å². The van der Waals surface area contributed by atoms with Gasteiger partial charge in [0, 0.05) is 0 Å². The zero-order valence-corrected chi connectivity index (χ0v) is 8.77. The van der Waals surface area contributed by atoms with E-state index in [0.717, 1.165) is 12.8 Å². The highest BCUT2D eigenvalue weighted by molar-refractivity contribution is 5.76. The second-order valence-corrected chi connectivity index (χ2v) is 4.20. The average molecular weight is 184 g/mol. The average Bonchev–Trinajstić information content (AvgIpc) is 2.32. The fourth-order valence-corrected chi connectivity index (χ4v) is 2.02. The Morgan fingerprint density at radius 3 is 2.23 bits per heavy atom. The molecule has 2 heteroatoms. The molecule has 0 N–H and O–H groups in total. The van der Waals surface area contributed by atoms with Crippen molar-refractivity contribution >= 4 is 5.97 Å². The number of rotatable bonds is 2. The fraction of sp³-hybridized carbons (Fsp3) is 0.909. The largest absolute Gasteiger partial charge is 0.466 e. The van der Waals surface area contributed by atoms with Crippen molar-refractivity contribution in [2.45, 2.75) is 52.4 Å². The lowest BCUT2D eigenvalue weighted by atomic mass is 9.83. The minimum Gasteiger partial charge on any atom is -0.466 e. The smallest absolute Gasteiger partial charge is 0.311 e. The van der Waals surface area contributed by atoms with Gasteiger partial charge < -0.3 is 4.74 Å². The molecule has 0 bridgehead atoms. The maximum atomic E-state index is 11.7. The molecule has 0 heterocycles. The second-order valence-electron chi connectivity index (χ2n) is 4.20. The third-order valence-corrected chi connectivity index (χ3v) is 2.98. The SMILES string of the molecule is CCOC(=O)C1(C)CCCCCC1. The summed E-state index contributed by atoms with van der Waals surface area (Å²) in [5, 5.41) is 0.